The van der Waals surface area contributed by atoms with Crippen molar-refractivity contribution in [1.29, 1.82) is 0 Å². The molecule has 0 saturated carbocycles. The summed E-state index contributed by atoms with van der Waals surface area (Å²) in [4.78, 5) is 33.6. The Balaban J connectivity index is 1.54. The van der Waals surface area contributed by atoms with E-state index in [9.17, 15) is 26.7 Å². The van der Waals surface area contributed by atoms with Crippen LogP contribution < -0.4 is 5.32 Å². The number of carbonyl (C=O) groups excluding carboxylic acids is 1. The number of fused-ring (bicyclic) bond motifs is 2. The van der Waals surface area contributed by atoms with Gasteiger partial charge in [-0.3, -0.25) is 9.38 Å². The average molecular weight is 603 g/mol. The van der Waals surface area contributed by atoms with Gasteiger partial charge in [-0.1, -0.05) is 11.6 Å². The first kappa shape index (κ1) is 25.4. The molecule has 0 bridgehead atoms. The van der Waals surface area contributed by atoms with Crippen LogP contribution in [0.5, 0.6) is 0 Å². The molecule has 0 radical (unpaired) electrons. The second-order valence-corrected chi connectivity index (χ2v) is 9.56. The van der Waals surface area contributed by atoms with Gasteiger partial charge in [0.2, 0.25) is 0 Å². The molecule has 0 saturated heterocycles. The van der Waals surface area contributed by atoms with Gasteiger partial charge < -0.3 is 10.1 Å². The van der Waals surface area contributed by atoms with Crippen LogP contribution in [0.3, 0.4) is 0 Å². The van der Waals surface area contributed by atoms with E-state index in [2.05, 4.69) is 46.2 Å². The van der Waals surface area contributed by atoms with E-state index in [0.717, 1.165) is 6.29 Å². The SMILES string of the molecule is O=CC1(c2ccc(Cl)cn2)CNc2nc(-c3cn4c(Br)cnc4c(CCC(F)(F)C(F)(F)F)n3)ncc21. The third-order valence-electron chi connectivity index (χ3n) is 6.03. The molecular weight excluding hydrogens is 589 g/mol. The van der Waals surface area contributed by atoms with Crippen LogP contribution in [0.4, 0.5) is 27.8 Å². The highest BCUT2D eigenvalue weighted by molar-refractivity contribution is 9.10. The predicted molar refractivity (Wildman–Crippen MR) is 126 cm³/mol. The van der Waals surface area contributed by atoms with Crippen LogP contribution in [0.1, 0.15) is 23.4 Å². The van der Waals surface area contributed by atoms with Crippen LogP contribution in [0.15, 0.2) is 41.5 Å². The number of carbonyl (C=O) groups is 1. The van der Waals surface area contributed by atoms with E-state index in [1.807, 2.05) is 0 Å². The van der Waals surface area contributed by atoms with Gasteiger partial charge in [0.05, 0.1) is 22.6 Å². The van der Waals surface area contributed by atoms with Gasteiger partial charge in [-0.25, -0.2) is 19.9 Å². The molecule has 15 heteroatoms. The first-order valence-electron chi connectivity index (χ1n) is 10.6. The minimum Gasteiger partial charge on any atom is -0.368 e. The second-order valence-electron chi connectivity index (χ2n) is 8.31. The highest BCUT2D eigenvalue weighted by atomic mass is 79.9. The Morgan fingerprint density at radius 3 is 2.57 bits per heavy atom. The monoisotopic (exact) mass is 601 g/mol. The largest absolute Gasteiger partial charge is 0.453 e. The van der Waals surface area contributed by atoms with Crippen LogP contribution in [0.2, 0.25) is 5.02 Å². The van der Waals surface area contributed by atoms with Crippen molar-refractivity contribution in [1.82, 2.24) is 29.3 Å². The number of imidazole rings is 1. The molecule has 1 aliphatic rings. The lowest BCUT2D eigenvalue weighted by Crippen LogP contribution is -2.36. The molecule has 4 aromatic heterocycles. The molecule has 4 aromatic rings. The quantitative estimate of drug-likeness (QED) is 0.244. The molecule has 8 nitrogen and oxygen atoms in total. The molecule has 0 amide bonds. The van der Waals surface area contributed by atoms with Gasteiger partial charge in [0, 0.05) is 37.1 Å². The van der Waals surface area contributed by atoms with E-state index in [4.69, 9.17) is 11.6 Å². The molecule has 1 unspecified atom stereocenters. The van der Waals surface area contributed by atoms with E-state index in [0.29, 0.717) is 26.7 Å². The van der Waals surface area contributed by atoms with Crippen LogP contribution in [0, 0.1) is 0 Å². The summed E-state index contributed by atoms with van der Waals surface area (Å²) >= 11 is 9.19. The van der Waals surface area contributed by atoms with Gasteiger partial charge in [0.1, 0.15) is 27.8 Å². The Morgan fingerprint density at radius 2 is 1.89 bits per heavy atom. The third-order valence-corrected chi connectivity index (χ3v) is 6.84. The third kappa shape index (κ3) is 4.31. The molecule has 0 fully saturated rings. The van der Waals surface area contributed by atoms with Crippen molar-refractivity contribution in [3.63, 3.8) is 0 Å². The number of aldehydes is 1. The van der Waals surface area contributed by atoms with Crippen LogP contribution in [-0.2, 0) is 16.6 Å². The second kappa shape index (κ2) is 8.94. The molecule has 5 rings (SSSR count). The van der Waals surface area contributed by atoms with Crippen molar-refractivity contribution in [2.75, 3.05) is 11.9 Å². The topological polar surface area (TPSA) is 98.0 Å². The Hall–Kier alpha value is -3.26. The lowest BCUT2D eigenvalue weighted by molar-refractivity contribution is -0.284. The van der Waals surface area contributed by atoms with Gasteiger partial charge in [0.25, 0.3) is 0 Å². The summed E-state index contributed by atoms with van der Waals surface area (Å²) in [6, 6.07) is 3.23. The maximum atomic E-state index is 13.6. The number of nitrogens with one attached hydrogen (secondary N) is 1. The number of anilines is 1. The number of nitrogens with zero attached hydrogens (tertiary/aromatic N) is 6. The Morgan fingerprint density at radius 1 is 1.11 bits per heavy atom. The van der Waals surface area contributed by atoms with Crippen LogP contribution >= 0.6 is 27.5 Å². The number of aromatic nitrogens is 6. The summed E-state index contributed by atoms with van der Waals surface area (Å²) in [5.41, 5.74) is -0.148. The maximum Gasteiger partial charge on any atom is 0.453 e. The zero-order chi connectivity index (χ0) is 26.6. The molecule has 5 heterocycles. The summed E-state index contributed by atoms with van der Waals surface area (Å²) in [6.45, 7) is 0.149. The van der Waals surface area contributed by atoms with Gasteiger partial charge >= 0.3 is 12.1 Å². The fraction of sp³-hybridized carbons (Fsp3) is 0.273. The fourth-order valence-electron chi connectivity index (χ4n) is 4.03. The first-order valence-corrected chi connectivity index (χ1v) is 11.8. The van der Waals surface area contributed by atoms with E-state index in [-0.39, 0.29) is 29.4 Å². The standard InChI is InChI=1S/C22H14BrClF5N7O/c23-16-7-32-19-13(3-4-21(25,26)22(27,28)29)34-14(8-36(16)19)18-31-6-12-17(35-18)33-9-20(12,10-37)15-2-1-11(24)5-30-15/h1-2,5-8,10H,3-4,9H2,(H,31,33,35). The molecule has 192 valence electrons. The maximum absolute atomic E-state index is 13.6. The summed E-state index contributed by atoms with van der Waals surface area (Å²) in [5, 5.41) is 3.45. The average Bonchev–Trinajstić information content (AvgIpc) is 3.43. The van der Waals surface area contributed by atoms with E-state index < -0.39 is 30.4 Å². The molecule has 0 aromatic carbocycles. The van der Waals surface area contributed by atoms with Gasteiger partial charge in [0.15, 0.2) is 11.5 Å². The van der Waals surface area contributed by atoms with Crippen molar-refractivity contribution < 1.29 is 26.7 Å². The van der Waals surface area contributed by atoms with Crippen LogP contribution in [-0.4, -0.2) is 54.3 Å². The molecule has 1 N–H and O–H groups in total. The zero-order valence-corrected chi connectivity index (χ0v) is 20.7. The highest BCUT2D eigenvalue weighted by Gasteiger charge is 2.56. The number of aryl methyl sites for hydroxylation is 1. The molecule has 1 atom stereocenters. The van der Waals surface area contributed by atoms with Crippen molar-refractivity contribution in [3.8, 4) is 11.5 Å². The number of hydrogen-bond acceptors (Lipinski definition) is 7. The summed E-state index contributed by atoms with van der Waals surface area (Å²) < 4.78 is 67.2. The van der Waals surface area contributed by atoms with Crippen molar-refractivity contribution in [2.24, 2.45) is 0 Å². The lowest BCUT2D eigenvalue weighted by atomic mass is 9.81. The zero-order valence-electron chi connectivity index (χ0n) is 18.4. The Labute approximate surface area is 218 Å². The molecule has 1 aliphatic heterocycles. The number of halogens is 7. The lowest BCUT2D eigenvalue weighted by Gasteiger charge is -2.21. The molecule has 0 aliphatic carbocycles. The fourth-order valence-corrected chi connectivity index (χ4v) is 4.52. The van der Waals surface area contributed by atoms with Crippen molar-refractivity contribution in [2.45, 2.75) is 30.4 Å². The van der Waals surface area contributed by atoms with Crippen LogP contribution in [0.25, 0.3) is 17.2 Å². The molecule has 37 heavy (non-hydrogen) atoms. The number of hydrogen-bond donors (Lipinski definition) is 1. The first-order chi connectivity index (χ1) is 17.4. The van der Waals surface area contributed by atoms with E-state index >= 15 is 0 Å². The molecule has 0 spiro atoms. The predicted octanol–water partition coefficient (Wildman–Crippen LogP) is 5.04. The van der Waals surface area contributed by atoms with E-state index in [1.54, 1.807) is 12.1 Å². The number of pyridine rings is 1. The van der Waals surface area contributed by atoms with Gasteiger partial charge in [-0.05, 0) is 34.5 Å². The Bertz CT molecular complexity index is 1510. The minimum absolute atomic E-state index is 0.0587. The van der Waals surface area contributed by atoms with Crippen molar-refractivity contribution >= 4 is 45.3 Å². The smallest absolute Gasteiger partial charge is 0.368 e. The summed E-state index contributed by atoms with van der Waals surface area (Å²) in [6.07, 6.45) is -1.47. The number of rotatable bonds is 6. The Kier molecular flexibility index (Phi) is 6.14. The van der Waals surface area contributed by atoms with E-state index in [1.165, 1.54) is 29.2 Å². The minimum atomic E-state index is -5.68. The van der Waals surface area contributed by atoms with Gasteiger partial charge in [-0.15, -0.1) is 0 Å². The number of alkyl halides is 5. The molecular formula is C22H14BrClF5N7O. The van der Waals surface area contributed by atoms with Crippen molar-refractivity contribution in [3.05, 3.63) is 63.5 Å². The highest BCUT2D eigenvalue weighted by Crippen LogP contribution is 2.40. The summed E-state index contributed by atoms with van der Waals surface area (Å²) in [5.74, 6) is -4.51. The summed E-state index contributed by atoms with van der Waals surface area (Å²) in [7, 11) is 0. The van der Waals surface area contributed by atoms with Gasteiger partial charge in [-0.2, -0.15) is 22.0 Å². The normalized spacial score (nSPS) is 17.6.